The average Bonchev–Trinajstić information content (AvgIpc) is 2.69. The Morgan fingerprint density at radius 2 is 1.84 bits per heavy atom. The predicted molar refractivity (Wildman–Crippen MR) is 98.8 cm³/mol. The molecule has 2 heterocycles. The Labute approximate surface area is 147 Å². The Hall–Kier alpha value is -3.21. The Morgan fingerprint density at radius 3 is 2.48 bits per heavy atom. The van der Waals surface area contributed by atoms with Crippen molar-refractivity contribution in [2.24, 2.45) is 0 Å². The van der Waals surface area contributed by atoms with E-state index >= 15 is 0 Å². The van der Waals surface area contributed by atoms with Crippen molar-refractivity contribution in [2.45, 2.75) is 13.5 Å². The van der Waals surface area contributed by atoms with Crippen LogP contribution >= 0.6 is 0 Å². The van der Waals surface area contributed by atoms with Crippen molar-refractivity contribution < 1.29 is 4.79 Å². The van der Waals surface area contributed by atoms with Crippen molar-refractivity contribution >= 4 is 17.3 Å². The minimum absolute atomic E-state index is 0.196. The van der Waals surface area contributed by atoms with E-state index < -0.39 is 0 Å². The number of carbonyl (C=O) groups excluding carboxylic acids is 1. The summed E-state index contributed by atoms with van der Waals surface area (Å²) < 4.78 is 0. The van der Waals surface area contributed by atoms with E-state index in [1.54, 1.807) is 24.7 Å². The zero-order valence-corrected chi connectivity index (χ0v) is 14.1. The van der Waals surface area contributed by atoms with Crippen LogP contribution in [0.15, 0.2) is 73.2 Å². The number of rotatable bonds is 6. The number of amides is 1. The van der Waals surface area contributed by atoms with Crippen molar-refractivity contribution in [3.8, 4) is 0 Å². The summed E-state index contributed by atoms with van der Waals surface area (Å²) in [7, 11) is 0. The van der Waals surface area contributed by atoms with E-state index in [0.29, 0.717) is 12.2 Å². The number of hydrogen-bond donors (Lipinski definition) is 1. The maximum absolute atomic E-state index is 12.2. The minimum atomic E-state index is -0.196. The molecular weight excluding hydrogens is 312 g/mol. The predicted octanol–water partition coefficient (Wildman–Crippen LogP) is 3.56. The molecule has 0 aliphatic rings. The molecule has 1 amide bonds. The molecule has 0 spiro atoms. The molecule has 1 N–H and O–H groups in total. The Morgan fingerprint density at radius 1 is 1.00 bits per heavy atom. The first kappa shape index (κ1) is 16.6. The van der Waals surface area contributed by atoms with E-state index in [4.69, 9.17) is 0 Å². The van der Waals surface area contributed by atoms with Crippen LogP contribution in [0.2, 0.25) is 0 Å². The van der Waals surface area contributed by atoms with Gasteiger partial charge in [0.2, 0.25) is 0 Å². The van der Waals surface area contributed by atoms with Crippen LogP contribution in [0.1, 0.15) is 23.0 Å². The molecule has 0 unspecified atom stereocenters. The van der Waals surface area contributed by atoms with Crippen molar-refractivity contribution in [2.75, 3.05) is 11.4 Å². The zero-order chi connectivity index (χ0) is 17.5. The number of anilines is 2. The molecule has 5 heteroatoms. The zero-order valence-electron chi connectivity index (χ0n) is 14.1. The van der Waals surface area contributed by atoms with Gasteiger partial charge in [0.05, 0.1) is 11.9 Å². The van der Waals surface area contributed by atoms with Gasteiger partial charge >= 0.3 is 0 Å². The SMILES string of the molecule is CCN(c1ccccc1)c1ccc(C(=O)NCc2cccnc2)nc1. The molecule has 0 radical (unpaired) electrons. The van der Waals surface area contributed by atoms with Crippen LogP contribution < -0.4 is 10.2 Å². The summed E-state index contributed by atoms with van der Waals surface area (Å²) in [5.74, 6) is -0.196. The van der Waals surface area contributed by atoms with Crippen LogP contribution in [-0.4, -0.2) is 22.4 Å². The van der Waals surface area contributed by atoms with Crippen LogP contribution in [0, 0.1) is 0 Å². The molecule has 126 valence electrons. The van der Waals surface area contributed by atoms with E-state index in [0.717, 1.165) is 23.5 Å². The molecule has 0 atom stereocenters. The van der Waals surface area contributed by atoms with Gasteiger partial charge in [0.15, 0.2) is 0 Å². The number of benzene rings is 1. The van der Waals surface area contributed by atoms with Gasteiger partial charge in [0.25, 0.3) is 5.91 Å². The second-order valence-electron chi connectivity index (χ2n) is 5.53. The lowest BCUT2D eigenvalue weighted by atomic mass is 10.2. The smallest absolute Gasteiger partial charge is 0.270 e. The van der Waals surface area contributed by atoms with E-state index in [1.165, 1.54) is 0 Å². The molecule has 5 nitrogen and oxygen atoms in total. The molecular formula is C20H20N4O. The van der Waals surface area contributed by atoms with Crippen molar-refractivity contribution in [3.05, 3.63) is 84.4 Å². The molecule has 3 rings (SSSR count). The van der Waals surface area contributed by atoms with Gasteiger partial charge in [-0.05, 0) is 42.8 Å². The standard InChI is InChI=1S/C20H20N4O/c1-2-24(17-8-4-3-5-9-17)18-10-11-19(22-15-18)20(25)23-14-16-7-6-12-21-13-16/h3-13,15H,2,14H2,1H3,(H,23,25). The van der Waals surface area contributed by atoms with Crippen LogP contribution in [-0.2, 0) is 6.54 Å². The van der Waals surface area contributed by atoms with Gasteiger partial charge in [-0.15, -0.1) is 0 Å². The van der Waals surface area contributed by atoms with Gasteiger partial charge in [-0.1, -0.05) is 24.3 Å². The highest BCUT2D eigenvalue weighted by molar-refractivity contribution is 5.92. The topological polar surface area (TPSA) is 58.1 Å². The number of pyridine rings is 2. The maximum Gasteiger partial charge on any atom is 0.270 e. The van der Waals surface area contributed by atoms with Gasteiger partial charge in [-0.2, -0.15) is 0 Å². The molecule has 0 bridgehead atoms. The van der Waals surface area contributed by atoms with Crippen molar-refractivity contribution in [3.63, 3.8) is 0 Å². The highest BCUT2D eigenvalue weighted by Crippen LogP contribution is 2.23. The number of hydrogen-bond acceptors (Lipinski definition) is 4. The monoisotopic (exact) mass is 332 g/mol. The van der Waals surface area contributed by atoms with Gasteiger partial charge < -0.3 is 10.2 Å². The van der Waals surface area contributed by atoms with Crippen LogP contribution in [0.3, 0.4) is 0 Å². The highest BCUT2D eigenvalue weighted by Gasteiger charge is 2.10. The van der Waals surface area contributed by atoms with Gasteiger partial charge in [-0.25, -0.2) is 4.98 Å². The minimum Gasteiger partial charge on any atom is -0.347 e. The van der Waals surface area contributed by atoms with E-state index in [1.807, 2.05) is 36.4 Å². The first-order valence-electron chi connectivity index (χ1n) is 8.23. The largest absolute Gasteiger partial charge is 0.347 e. The van der Waals surface area contributed by atoms with Crippen LogP contribution in [0.5, 0.6) is 0 Å². The number of para-hydroxylation sites is 1. The number of nitrogens with one attached hydrogen (secondary N) is 1. The third-order valence-electron chi connectivity index (χ3n) is 3.85. The first-order valence-corrected chi connectivity index (χ1v) is 8.23. The maximum atomic E-state index is 12.2. The fraction of sp³-hybridized carbons (Fsp3) is 0.150. The molecule has 0 saturated carbocycles. The summed E-state index contributed by atoms with van der Waals surface area (Å²) in [5, 5.41) is 2.85. The Bertz CT molecular complexity index is 804. The van der Waals surface area contributed by atoms with Gasteiger partial charge in [0, 0.05) is 31.2 Å². The van der Waals surface area contributed by atoms with Crippen molar-refractivity contribution in [1.29, 1.82) is 0 Å². The number of carbonyl (C=O) groups is 1. The van der Waals surface area contributed by atoms with Crippen LogP contribution in [0.25, 0.3) is 0 Å². The number of aromatic nitrogens is 2. The third-order valence-corrected chi connectivity index (χ3v) is 3.85. The molecule has 25 heavy (non-hydrogen) atoms. The molecule has 3 aromatic rings. The first-order chi connectivity index (χ1) is 12.3. The molecule has 0 saturated heterocycles. The summed E-state index contributed by atoms with van der Waals surface area (Å²) in [6.45, 7) is 3.33. The molecule has 0 aliphatic carbocycles. The van der Waals surface area contributed by atoms with Crippen LogP contribution in [0.4, 0.5) is 11.4 Å². The summed E-state index contributed by atoms with van der Waals surface area (Å²) in [4.78, 5) is 22.7. The van der Waals surface area contributed by atoms with E-state index in [9.17, 15) is 4.79 Å². The molecule has 2 aromatic heterocycles. The second-order valence-corrected chi connectivity index (χ2v) is 5.53. The lowest BCUT2D eigenvalue weighted by Gasteiger charge is -2.22. The van der Waals surface area contributed by atoms with Gasteiger partial charge in [-0.3, -0.25) is 9.78 Å². The summed E-state index contributed by atoms with van der Waals surface area (Å²) in [5.41, 5.74) is 3.41. The fourth-order valence-electron chi connectivity index (χ4n) is 2.58. The highest BCUT2D eigenvalue weighted by atomic mass is 16.1. The van der Waals surface area contributed by atoms with Gasteiger partial charge in [0.1, 0.15) is 5.69 Å². The van der Waals surface area contributed by atoms with E-state index in [2.05, 4.69) is 39.2 Å². The molecule has 0 aliphatic heterocycles. The number of nitrogens with zero attached hydrogens (tertiary/aromatic N) is 3. The molecule has 0 fully saturated rings. The second kappa shape index (κ2) is 8.06. The lowest BCUT2D eigenvalue weighted by molar-refractivity contribution is 0.0946. The quantitative estimate of drug-likeness (QED) is 0.750. The average molecular weight is 332 g/mol. The lowest BCUT2D eigenvalue weighted by Crippen LogP contribution is -2.24. The Balaban J connectivity index is 1.68. The summed E-state index contributed by atoms with van der Waals surface area (Å²) in [6, 6.07) is 17.5. The summed E-state index contributed by atoms with van der Waals surface area (Å²) in [6.07, 6.45) is 5.17. The molecule has 1 aromatic carbocycles. The fourth-order valence-corrected chi connectivity index (χ4v) is 2.58. The van der Waals surface area contributed by atoms with Crippen molar-refractivity contribution in [1.82, 2.24) is 15.3 Å². The Kier molecular flexibility index (Phi) is 5.36. The third kappa shape index (κ3) is 4.20. The van der Waals surface area contributed by atoms with E-state index in [-0.39, 0.29) is 5.91 Å². The summed E-state index contributed by atoms with van der Waals surface area (Å²) >= 11 is 0. The normalized spacial score (nSPS) is 10.3.